The predicted molar refractivity (Wildman–Crippen MR) is 347 cm³/mol. The van der Waals surface area contributed by atoms with Gasteiger partial charge in [0.05, 0.1) is 25.4 Å². The Morgan fingerprint density at radius 3 is 0.962 bits per heavy atom. The van der Waals surface area contributed by atoms with Crippen LogP contribution in [0.4, 0.5) is 0 Å². The van der Waals surface area contributed by atoms with E-state index in [9.17, 15) is 19.8 Å². The van der Waals surface area contributed by atoms with E-state index in [2.05, 4.69) is 43.5 Å². The van der Waals surface area contributed by atoms with Crippen LogP contribution < -0.4 is 5.32 Å². The summed E-state index contributed by atoms with van der Waals surface area (Å²) in [6.45, 7) is 4.99. The van der Waals surface area contributed by atoms with Crippen molar-refractivity contribution in [3.63, 3.8) is 0 Å². The molecule has 0 aliphatic carbocycles. The summed E-state index contributed by atoms with van der Waals surface area (Å²) in [5.41, 5.74) is 0. The van der Waals surface area contributed by atoms with Gasteiger partial charge in [-0.05, 0) is 57.8 Å². The third-order valence-corrected chi connectivity index (χ3v) is 17.0. The van der Waals surface area contributed by atoms with Gasteiger partial charge in [0, 0.05) is 12.8 Å². The number of hydrogen-bond acceptors (Lipinski definition) is 5. The van der Waals surface area contributed by atoms with Crippen LogP contribution in [0.2, 0.25) is 0 Å². The molecule has 0 radical (unpaired) electrons. The first kappa shape index (κ1) is 77.3. The minimum atomic E-state index is -0.665. The fraction of sp³-hybridized carbons (Fsp3) is 0.918. The normalized spacial score (nSPS) is 12.6. The maximum absolute atomic E-state index is 12.5. The van der Waals surface area contributed by atoms with Crippen LogP contribution in [0.1, 0.15) is 406 Å². The van der Waals surface area contributed by atoms with Crippen molar-refractivity contribution in [3.05, 3.63) is 24.3 Å². The zero-order chi connectivity index (χ0) is 57.1. The van der Waals surface area contributed by atoms with Gasteiger partial charge in [0.1, 0.15) is 0 Å². The highest BCUT2D eigenvalue weighted by Gasteiger charge is 2.20. The average Bonchev–Trinajstić information content (AvgIpc) is 3.45. The van der Waals surface area contributed by atoms with Crippen LogP contribution >= 0.6 is 0 Å². The number of amides is 1. The molecular formula is C73H141NO5. The fourth-order valence-corrected chi connectivity index (χ4v) is 11.5. The van der Waals surface area contributed by atoms with Crippen molar-refractivity contribution in [2.24, 2.45) is 0 Å². The number of aliphatic hydroxyl groups excluding tert-OH is 2. The van der Waals surface area contributed by atoms with Crippen LogP contribution in [0.3, 0.4) is 0 Å². The monoisotopic (exact) mass is 1110 g/mol. The van der Waals surface area contributed by atoms with Crippen LogP contribution in [0.5, 0.6) is 0 Å². The SMILES string of the molecule is CCCCCCCCCCCCCCCCCCCC(O)C(CO)NC(=O)CCCCCCCCCCCCCCC/C=C\C/C=C\CCCCCCCCCCCOC(=O)CCCCCCCCCCCCCCCCCC. The molecule has 3 N–H and O–H groups in total. The Bertz CT molecular complexity index is 1230. The molecule has 6 heteroatoms. The summed E-state index contributed by atoms with van der Waals surface area (Å²) in [5.74, 6) is -0.0161. The van der Waals surface area contributed by atoms with Crippen LogP contribution in [0.15, 0.2) is 24.3 Å². The first-order valence-corrected chi connectivity index (χ1v) is 36.1. The summed E-state index contributed by atoms with van der Waals surface area (Å²) in [4.78, 5) is 24.6. The molecule has 2 unspecified atom stereocenters. The number of aliphatic hydroxyl groups is 2. The van der Waals surface area contributed by atoms with Crippen molar-refractivity contribution < 1.29 is 24.5 Å². The quantitative estimate of drug-likeness (QED) is 0.0320. The zero-order valence-corrected chi connectivity index (χ0v) is 53.6. The van der Waals surface area contributed by atoms with E-state index in [0.717, 1.165) is 44.9 Å². The molecule has 0 aliphatic rings. The molecule has 0 aromatic carbocycles. The maximum Gasteiger partial charge on any atom is 0.305 e. The van der Waals surface area contributed by atoms with Crippen LogP contribution in [0, 0.1) is 0 Å². The lowest BCUT2D eigenvalue weighted by Crippen LogP contribution is -2.45. The smallest absolute Gasteiger partial charge is 0.305 e. The van der Waals surface area contributed by atoms with Gasteiger partial charge in [-0.25, -0.2) is 0 Å². The van der Waals surface area contributed by atoms with Crippen LogP contribution in [0.25, 0.3) is 0 Å². The third-order valence-electron chi connectivity index (χ3n) is 17.0. The van der Waals surface area contributed by atoms with E-state index >= 15 is 0 Å². The zero-order valence-electron chi connectivity index (χ0n) is 53.6. The molecular weight excluding hydrogens is 971 g/mol. The standard InChI is InChI=1S/C73H141NO5/c1-3-5-7-9-11-13-15-17-19-34-37-41-45-49-53-57-61-65-71(76)70(69-75)74-72(77)66-62-58-54-50-46-42-38-35-32-30-28-26-24-22-21-23-25-27-29-31-33-36-40-44-48-52-56-60-64-68-79-73(78)67-63-59-55-51-47-43-39-20-18-16-14-12-10-8-6-4-2/h21,23,27,29,70-71,75-76H,3-20,22,24-26,28,30-69H2,1-2H3,(H,74,77)/b23-21-,29-27-. The highest BCUT2D eigenvalue weighted by molar-refractivity contribution is 5.76. The van der Waals surface area contributed by atoms with Crippen molar-refractivity contribution in [1.29, 1.82) is 0 Å². The first-order valence-electron chi connectivity index (χ1n) is 36.1. The molecule has 0 heterocycles. The van der Waals surface area contributed by atoms with E-state index in [-0.39, 0.29) is 18.5 Å². The Morgan fingerprint density at radius 1 is 0.354 bits per heavy atom. The summed E-state index contributed by atoms with van der Waals surface area (Å²) in [5, 5.41) is 23.4. The Hall–Kier alpha value is -1.66. The van der Waals surface area contributed by atoms with E-state index in [4.69, 9.17) is 4.74 Å². The van der Waals surface area contributed by atoms with E-state index < -0.39 is 12.1 Å². The van der Waals surface area contributed by atoms with E-state index in [1.54, 1.807) is 0 Å². The molecule has 0 fully saturated rings. The molecule has 0 saturated heterocycles. The lowest BCUT2D eigenvalue weighted by molar-refractivity contribution is -0.143. The van der Waals surface area contributed by atoms with Crippen molar-refractivity contribution in [2.75, 3.05) is 13.2 Å². The molecule has 2 atom stereocenters. The Morgan fingerprint density at radius 2 is 0.633 bits per heavy atom. The molecule has 79 heavy (non-hydrogen) atoms. The highest BCUT2D eigenvalue weighted by Crippen LogP contribution is 2.19. The van der Waals surface area contributed by atoms with Crippen molar-refractivity contribution >= 4 is 11.9 Å². The number of esters is 1. The molecule has 0 spiro atoms. The number of hydrogen-bond donors (Lipinski definition) is 3. The molecule has 468 valence electrons. The largest absolute Gasteiger partial charge is 0.466 e. The van der Waals surface area contributed by atoms with E-state index in [0.29, 0.717) is 25.9 Å². The Balaban J connectivity index is 3.39. The number of nitrogens with one attached hydrogen (secondary N) is 1. The average molecular weight is 1110 g/mol. The second-order valence-electron chi connectivity index (χ2n) is 24.9. The predicted octanol–water partition coefficient (Wildman–Crippen LogP) is 23.3. The number of ether oxygens (including phenoxy) is 1. The van der Waals surface area contributed by atoms with Crippen LogP contribution in [-0.2, 0) is 14.3 Å². The summed E-state index contributed by atoms with van der Waals surface area (Å²) in [6, 6.07) is -0.542. The van der Waals surface area contributed by atoms with Crippen molar-refractivity contribution in [2.45, 2.75) is 418 Å². The van der Waals surface area contributed by atoms with Gasteiger partial charge < -0.3 is 20.3 Å². The number of rotatable bonds is 68. The second-order valence-corrected chi connectivity index (χ2v) is 24.9. The topological polar surface area (TPSA) is 95.9 Å². The summed E-state index contributed by atoms with van der Waals surface area (Å²) in [7, 11) is 0. The highest BCUT2D eigenvalue weighted by atomic mass is 16.5. The molecule has 0 aromatic rings. The lowest BCUT2D eigenvalue weighted by atomic mass is 10.0. The molecule has 0 aliphatic heterocycles. The van der Waals surface area contributed by atoms with Gasteiger partial charge in [-0.3, -0.25) is 9.59 Å². The minimum absolute atomic E-state index is 0.0163. The molecule has 6 nitrogen and oxygen atoms in total. The molecule has 0 rings (SSSR count). The fourth-order valence-electron chi connectivity index (χ4n) is 11.5. The van der Waals surface area contributed by atoms with Gasteiger partial charge in [0.25, 0.3) is 0 Å². The van der Waals surface area contributed by atoms with Gasteiger partial charge in [-0.2, -0.15) is 0 Å². The Labute approximate surface area is 494 Å². The maximum atomic E-state index is 12.5. The minimum Gasteiger partial charge on any atom is -0.466 e. The van der Waals surface area contributed by atoms with Gasteiger partial charge in [0.15, 0.2) is 0 Å². The van der Waals surface area contributed by atoms with Gasteiger partial charge in [0.2, 0.25) is 5.91 Å². The molecule has 1 amide bonds. The number of unbranched alkanes of at least 4 members (excludes halogenated alkanes) is 53. The second kappa shape index (κ2) is 68.8. The summed E-state index contributed by atoms with van der Waals surface area (Å²) in [6.07, 6.45) is 86.6. The third kappa shape index (κ3) is 65.4. The van der Waals surface area contributed by atoms with E-state index in [1.807, 2.05) is 0 Å². The lowest BCUT2D eigenvalue weighted by Gasteiger charge is -2.22. The van der Waals surface area contributed by atoms with Gasteiger partial charge in [-0.1, -0.05) is 359 Å². The van der Waals surface area contributed by atoms with Crippen molar-refractivity contribution in [3.8, 4) is 0 Å². The van der Waals surface area contributed by atoms with Crippen molar-refractivity contribution in [1.82, 2.24) is 5.32 Å². The molecule has 0 aromatic heterocycles. The van der Waals surface area contributed by atoms with Gasteiger partial charge in [-0.15, -0.1) is 0 Å². The number of allylic oxidation sites excluding steroid dienone is 4. The number of carbonyl (C=O) groups excluding carboxylic acids is 2. The number of carbonyl (C=O) groups is 2. The molecule has 0 saturated carbocycles. The summed E-state index contributed by atoms with van der Waals surface area (Å²) >= 11 is 0. The first-order chi connectivity index (χ1) is 39.0. The van der Waals surface area contributed by atoms with Crippen LogP contribution in [-0.4, -0.2) is 47.4 Å². The summed E-state index contributed by atoms with van der Waals surface area (Å²) < 4.78 is 5.50. The van der Waals surface area contributed by atoms with Gasteiger partial charge >= 0.3 is 5.97 Å². The Kier molecular flexibility index (Phi) is 67.4. The van der Waals surface area contributed by atoms with E-state index in [1.165, 1.54) is 327 Å². The molecule has 0 bridgehead atoms.